The number of urea groups is 1. The van der Waals surface area contributed by atoms with E-state index in [9.17, 15) is 13.2 Å². The molecular formula is C17H24N4O4S3. The van der Waals surface area contributed by atoms with Gasteiger partial charge in [0, 0.05) is 13.2 Å². The van der Waals surface area contributed by atoms with Gasteiger partial charge in [0.05, 0.1) is 18.0 Å². The summed E-state index contributed by atoms with van der Waals surface area (Å²) in [6, 6.07) is 3.70. The van der Waals surface area contributed by atoms with E-state index in [0.717, 1.165) is 11.4 Å². The van der Waals surface area contributed by atoms with E-state index in [1.165, 1.54) is 13.1 Å². The molecule has 0 saturated carbocycles. The first-order chi connectivity index (χ1) is 13.1. The van der Waals surface area contributed by atoms with Crippen molar-refractivity contribution in [1.82, 2.24) is 14.5 Å². The highest BCUT2D eigenvalue weighted by Crippen LogP contribution is 2.37. The van der Waals surface area contributed by atoms with Crippen molar-refractivity contribution in [2.45, 2.75) is 31.2 Å². The van der Waals surface area contributed by atoms with Crippen LogP contribution in [0.2, 0.25) is 0 Å². The van der Waals surface area contributed by atoms with E-state index in [1.54, 1.807) is 24.8 Å². The standard InChI is InChI=1S/C17H24N4O4S3/c1-5-25-13-7-6-12(17(2,3)20-8-9-27-11-20)10-14(13)28(23,24)21(15(18)22)16(26)19-4/h6-10H,5,11H2,1-4H3,(H2,18,22)(H,19,26). The maximum Gasteiger partial charge on any atom is 0.335 e. The molecule has 0 aliphatic carbocycles. The number of rotatable bonds is 6. The maximum atomic E-state index is 13.3. The van der Waals surface area contributed by atoms with Crippen molar-refractivity contribution in [3.05, 3.63) is 35.4 Å². The number of nitrogens with one attached hydrogen (secondary N) is 1. The second-order valence-corrected chi connectivity index (χ2v) is 9.37. The minimum Gasteiger partial charge on any atom is -0.492 e. The lowest BCUT2D eigenvalue weighted by atomic mass is 9.93. The molecule has 2 amide bonds. The van der Waals surface area contributed by atoms with Crippen LogP contribution in [0.1, 0.15) is 26.3 Å². The summed E-state index contributed by atoms with van der Waals surface area (Å²) >= 11 is 6.62. The normalized spacial score (nSPS) is 14.1. The molecule has 11 heteroatoms. The van der Waals surface area contributed by atoms with Crippen molar-refractivity contribution < 1.29 is 17.9 Å². The number of sulfonamides is 1. The van der Waals surface area contributed by atoms with Crippen LogP contribution in [0.15, 0.2) is 34.7 Å². The molecule has 0 fully saturated rings. The first-order valence-electron chi connectivity index (χ1n) is 8.46. The molecule has 1 aromatic rings. The summed E-state index contributed by atoms with van der Waals surface area (Å²) in [7, 11) is -2.97. The second-order valence-electron chi connectivity index (χ2n) is 6.37. The second kappa shape index (κ2) is 8.58. The summed E-state index contributed by atoms with van der Waals surface area (Å²) in [5.41, 5.74) is 5.55. The number of thiocarbonyl (C=S) groups is 1. The zero-order valence-corrected chi connectivity index (χ0v) is 18.6. The number of hydrogen-bond acceptors (Lipinski definition) is 7. The number of primary amides is 1. The van der Waals surface area contributed by atoms with Crippen LogP contribution in [0.3, 0.4) is 0 Å². The van der Waals surface area contributed by atoms with Gasteiger partial charge in [0.1, 0.15) is 10.6 Å². The molecule has 28 heavy (non-hydrogen) atoms. The highest BCUT2D eigenvalue weighted by atomic mass is 32.2. The van der Waals surface area contributed by atoms with E-state index >= 15 is 0 Å². The van der Waals surface area contributed by atoms with Crippen LogP contribution in [0.4, 0.5) is 4.79 Å². The molecule has 0 aromatic heterocycles. The minimum absolute atomic E-state index is 0.124. The molecule has 8 nitrogen and oxygen atoms in total. The molecule has 0 spiro atoms. The van der Waals surface area contributed by atoms with Crippen LogP contribution in [-0.2, 0) is 15.6 Å². The molecule has 0 bridgehead atoms. The molecule has 1 aromatic carbocycles. The topological polar surface area (TPSA) is 105 Å². The van der Waals surface area contributed by atoms with Crippen LogP contribution in [0.25, 0.3) is 0 Å². The number of nitrogens with zero attached hydrogens (tertiary/aromatic N) is 2. The molecule has 1 aliphatic rings. The zero-order valence-electron chi connectivity index (χ0n) is 16.1. The van der Waals surface area contributed by atoms with Crippen LogP contribution in [-0.4, -0.2) is 48.3 Å². The van der Waals surface area contributed by atoms with E-state index in [2.05, 4.69) is 10.2 Å². The quantitative estimate of drug-likeness (QED) is 0.645. The summed E-state index contributed by atoms with van der Waals surface area (Å²) in [6.45, 7) is 5.97. The number of thioether (sulfide) groups is 1. The number of carbonyl (C=O) groups excluding carboxylic acids is 1. The first-order valence-corrected chi connectivity index (χ1v) is 11.4. The lowest BCUT2D eigenvalue weighted by Crippen LogP contribution is -2.48. The number of benzene rings is 1. The Balaban J connectivity index is 2.64. The minimum atomic E-state index is -4.38. The van der Waals surface area contributed by atoms with Crippen LogP contribution < -0.4 is 15.8 Å². The van der Waals surface area contributed by atoms with Crippen molar-refractivity contribution in [1.29, 1.82) is 0 Å². The average Bonchev–Trinajstić information content (AvgIpc) is 3.17. The predicted octanol–water partition coefficient (Wildman–Crippen LogP) is 2.37. The third-order valence-electron chi connectivity index (χ3n) is 4.34. The lowest BCUT2D eigenvalue weighted by molar-refractivity contribution is 0.221. The molecular weight excluding hydrogens is 420 g/mol. The smallest absolute Gasteiger partial charge is 0.335 e. The summed E-state index contributed by atoms with van der Waals surface area (Å²) in [5.74, 6) is 0.873. The Kier molecular flexibility index (Phi) is 6.84. The van der Waals surface area contributed by atoms with Crippen LogP contribution >= 0.6 is 24.0 Å². The van der Waals surface area contributed by atoms with Gasteiger partial charge < -0.3 is 20.7 Å². The first kappa shape index (κ1) is 22.3. The van der Waals surface area contributed by atoms with Gasteiger partial charge >= 0.3 is 6.03 Å². The van der Waals surface area contributed by atoms with E-state index in [4.69, 9.17) is 22.7 Å². The Labute approximate surface area is 175 Å². The van der Waals surface area contributed by atoms with Gasteiger partial charge in [0.25, 0.3) is 10.0 Å². The van der Waals surface area contributed by atoms with Crippen LogP contribution in [0, 0.1) is 0 Å². The van der Waals surface area contributed by atoms with Crippen molar-refractivity contribution >= 4 is 45.1 Å². The Bertz CT molecular complexity index is 900. The maximum absolute atomic E-state index is 13.3. The highest BCUT2D eigenvalue weighted by molar-refractivity contribution is 8.02. The summed E-state index contributed by atoms with van der Waals surface area (Å²) < 4.78 is 32.4. The monoisotopic (exact) mass is 444 g/mol. The molecule has 1 heterocycles. The fourth-order valence-electron chi connectivity index (χ4n) is 2.69. The number of nitrogens with two attached hydrogens (primary N) is 1. The molecule has 0 saturated heterocycles. The zero-order chi connectivity index (χ0) is 21.1. The summed E-state index contributed by atoms with van der Waals surface area (Å²) in [5, 5.41) is 4.14. The molecule has 154 valence electrons. The summed E-state index contributed by atoms with van der Waals surface area (Å²) in [6.07, 6.45) is 1.96. The Morgan fingerprint density at radius 2 is 2.14 bits per heavy atom. The van der Waals surface area contributed by atoms with E-state index in [1.807, 2.05) is 31.5 Å². The largest absolute Gasteiger partial charge is 0.492 e. The number of hydrogen-bond donors (Lipinski definition) is 2. The van der Waals surface area contributed by atoms with E-state index < -0.39 is 21.6 Å². The molecule has 1 aliphatic heterocycles. The fourth-order valence-corrected chi connectivity index (χ4v) is 5.36. The van der Waals surface area contributed by atoms with Crippen molar-refractivity contribution in [2.24, 2.45) is 5.73 Å². The van der Waals surface area contributed by atoms with E-state index in [-0.39, 0.29) is 22.4 Å². The van der Waals surface area contributed by atoms with Crippen molar-refractivity contribution in [3.8, 4) is 5.75 Å². The summed E-state index contributed by atoms with van der Waals surface area (Å²) in [4.78, 5) is 13.8. The third-order valence-corrected chi connectivity index (χ3v) is 7.30. The lowest BCUT2D eigenvalue weighted by Gasteiger charge is -2.36. The van der Waals surface area contributed by atoms with Crippen molar-refractivity contribution in [2.75, 3.05) is 19.5 Å². The molecule has 0 unspecified atom stereocenters. The van der Waals surface area contributed by atoms with Gasteiger partial charge in [-0.05, 0) is 56.1 Å². The van der Waals surface area contributed by atoms with Crippen molar-refractivity contribution in [3.63, 3.8) is 0 Å². The third kappa shape index (κ3) is 4.20. The average molecular weight is 445 g/mol. The molecule has 3 N–H and O–H groups in total. The van der Waals surface area contributed by atoms with E-state index in [0.29, 0.717) is 4.31 Å². The highest BCUT2D eigenvalue weighted by Gasteiger charge is 2.36. The predicted molar refractivity (Wildman–Crippen MR) is 114 cm³/mol. The number of ether oxygens (including phenoxy) is 1. The Morgan fingerprint density at radius 1 is 1.46 bits per heavy atom. The van der Waals surface area contributed by atoms with Gasteiger partial charge in [-0.15, -0.1) is 11.8 Å². The van der Waals surface area contributed by atoms with Gasteiger partial charge in [-0.1, -0.05) is 6.07 Å². The van der Waals surface area contributed by atoms with Gasteiger partial charge in [-0.3, -0.25) is 0 Å². The fraction of sp³-hybridized carbons (Fsp3) is 0.412. The van der Waals surface area contributed by atoms with Gasteiger partial charge in [0.2, 0.25) is 0 Å². The Hall–Kier alpha value is -1.98. The van der Waals surface area contributed by atoms with Gasteiger partial charge in [0.15, 0.2) is 5.11 Å². The molecule has 0 radical (unpaired) electrons. The number of amides is 2. The SMILES string of the molecule is CCOc1ccc(C(C)(C)N2C=CSC2)cc1S(=O)(=O)N(C(N)=O)C(=S)NC. The van der Waals surface area contributed by atoms with Gasteiger partial charge in [-0.25, -0.2) is 13.2 Å². The van der Waals surface area contributed by atoms with Gasteiger partial charge in [-0.2, -0.15) is 4.31 Å². The molecule has 0 atom stereocenters. The number of carbonyl (C=O) groups is 1. The van der Waals surface area contributed by atoms with Crippen LogP contribution in [0.5, 0.6) is 5.75 Å². The Morgan fingerprint density at radius 3 is 2.64 bits per heavy atom. The molecule has 2 rings (SSSR count).